The van der Waals surface area contributed by atoms with Crippen LogP contribution < -0.4 is 9.99 Å². The van der Waals surface area contributed by atoms with Crippen molar-refractivity contribution in [1.29, 1.82) is 0 Å². The lowest BCUT2D eigenvalue weighted by Crippen LogP contribution is -2.43. The molecule has 2 aromatic carbocycles. The third kappa shape index (κ3) is 7.68. The van der Waals surface area contributed by atoms with E-state index >= 15 is 8.78 Å². The van der Waals surface area contributed by atoms with Gasteiger partial charge < -0.3 is 19.6 Å². The van der Waals surface area contributed by atoms with Crippen molar-refractivity contribution in [2.75, 3.05) is 26.0 Å². The zero-order valence-corrected chi connectivity index (χ0v) is 23.9. The lowest BCUT2D eigenvalue weighted by molar-refractivity contribution is 0.0750. The summed E-state index contributed by atoms with van der Waals surface area (Å²) >= 11 is 0. The minimum absolute atomic E-state index is 0.0944. The highest BCUT2D eigenvalue weighted by molar-refractivity contribution is 7.55. The Kier molecular flexibility index (Phi) is 10.2. The second kappa shape index (κ2) is 13.2. The van der Waals surface area contributed by atoms with Crippen molar-refractivity contribution in [3.63, 3.8) is 0 Å². The van der Waals surface area contributed by atoms with Crippen LogP contribution in [-0.4, -0.2) is 36.1 Å². The summed E-state index contributed by atoms with van der Waals surface area (Å²) in [4.78, 5) is 9.18. The number of hydrogen-bond donors (Lipinski definition) is 3. The van der Waals surface area contributed by atoms with Crippen molar-refractivity contribution in [3.05, 3.63) is 53.6 Å². The Labute approximate surface area is 230 Å². The number of rotatable bonds is 13. The van der Waals surface area contributed by atoms with Crippen LogP contribution in [0.5, 0.6) is 5.75 Å². The molecule has 0 aliphatic heterocycles. The van der Waals surface area contributed by atoms with Crippen LogP contribution in [0.25, 0.3) is 11.1 Å². The molecule has 0 heterocycles. The average Bonchev–Trinajstić information content (AvgIpc) is 2.88. The zero-order valence-electron chi connectivity index (χ0n) is 23.0. The van der Waals surface area contributed by atoms with Gasteiger partial charge in [-0.15, -0.1) is 5.25 Å². The Morgan fingerprint density at radius 1 is 0.923 bits per heavy atom. The Hall–Kier alpha value is -1.83. The normalized spacial score (nSPS) is 26.3. The van der Waals surface area contributed by atoms with E-state index in [0.29, 0.717) is 47.8 Å². The number of halogens is 2. The van der Waals surface area contributed by atoms with Crippen LogP contribution in [0, 0.1) is 29.4 Å². The Morgan fingerprint density at radius 3 is 2.26 bits per heavy atom. The van der Waals surface area contributed by atoms with Gasteiger partial charge in [0, 0.05) is 12.2 Å². The highest BCUT2D eigenvalue weighted by Gasteiger charge is 2.46. The molecule has 216 valence electrons. The molecule has 0 amide bonds. The van der Waals surface area contributed by atoms with Crippen LogP contribution >= 0.6 is 7.52 Å². The van der Waals surface area contributed by atoms with Gasteiger partial charge in [0.2, 0.25) is 0 Å². The Bertz CT molecular complexity index is 1130. The first kappa shape index (κ1) is 30.1. The molecule has 3 unspecified atom stereocenters. The summed E-state index contributed by atoms with van der Waals surface area (Å²) in [5.41, 5.74) is 1.20. The van der Waals surface area contributed by atoms with Crippen LogP contribution in [0.2, 0.25) is 0 Å². The second-order valence-corrected chi connectivity index (χ2v) is 13.9. The number of hydrogen-bond acceptors (Lipinski definition) is 4. The fourth-order valence-corrected chi connectivity index (χ4v) is 7.44. The summed E-state index contributed by atoms with van der Waals surface area (Å²) in [7, 11) is -3.70. The first-order valence-electron chi connectivity index (χ1n) is 14.1. The lowest BCUT2D eigenvalue weighted by atomic mass is 9.54. The first-order valence-corrected chi connectivity index (χ1v) is 16.0. The first-order chi connectivity index (χ1) is 18.6. The van der Waals surface area contributed by atoms with Gasteiger partial charge in [-0.2, -0.15) is 0 Å². The van der Waals surface area contributed by atoms with Crippen molar-refractivity contribution >= 4 is 7.52 Å². The number of ether oxygens (including phenoxy) is 2. The zero-order chi connectivity index (χ0) is 28.0. The van der Waals surface area contributed by atoms with Crippen molar-refractivity contribution < 1.29 is 32.9 Å². The largest absolute Gasteiger partial charge is 0.494 e. The molecule has 0 saturated heterocycles. The standard InChI is InChI=1S/C30H42F2NO5P/c1-21-16-23-17-22(2)19-30(18-21,20-23)27-11-10-26(28(31)29(27)32)24-6-8-25(9-7-24)38-13-5-3-4-12-37-14-15-39(35,36)33-34/h6-11,21-23,34H,3-5,12-20H2,1-2H3,(H2,33,35,36). The maximum atomic E-state index is 15.6. The van der Waals surface area contributed by atoms with Crippen LogP contribution in [0.15, 0.2) is 36.4 Å². The summed E-state index contributed by atoms with van der Waals surface area (Å²) in [6, 6.07) is 10.7. The molecule has 0 aromatic heterocycles. The molecular formula is C30H42F2NO5P. The predicted molar refractivity (Wildman–Crippen MR) is 148 cm³/mol. The van der Waals surface area contributed by atoms with Gasteiger partial charge in [-0.3, -0.25) is 4.57 Å². The van der Waals surface area contributed by atoms with E-state index in [-0.39, 0.29) is 23.7 Å². The molecule has 2 saturated carbocycles. The smallest absolute Gasteiger partial charge is 0.291 e. The molecule has 6 nitrogen and oxygen atoms in total. The molecule has 3 N–H and O–H groups in total. The van der Waals surface area contributed by atoms with Crippen LogP contribution in [-0.2, 0) is 14.7 Å². The summed E-state index contributed by atoms with van der Waals surface area (Å²) in [5.74, 6) is 0.879. The minimum Gasteiger partial charge on any atom is -0.494 e. The van der Waals surface area contributed by atoms with Crippen molar-refractivity contribution in [3.8, 4) is 16.9 Å². The van der Waals surface area contributed by atoms with Gasteiger partial charge in [0.25, 0.3) is 7.52 Å². The molecule has 3 atom stereocenters. The summed E-state index contributed by atoms with van der Waals surface area (Å²) < 4.78 is 53.3. The molecule has 9 heteroatoms. The fourth-order valence-electron chi connectivity index (χ4n) is 6.96. The van der Waals surface area contributed by atoms with Gasteiger partial charge in [-0.05, 0) is 97.8 Å². The van der Waals surface area contributed by atoms with E-state index in [9.17, 15) is 9.46 Å². The topological polar surface area (TPSA) is 88.0 Å². The van der Waals surface area contributed by atoms with Gasteiger partial charge in [-0.1, -0.05) is 38.1 Å². The molecular weight excluding hydrogens is 523 g/mol. The van der Waals surface area contributed by atoms with E-state index < -0.39 is 19.2 Å². The average molecular weight is 566 g/mol. The molecule has 2 aliphatic rings. The van der Waals surface area contributed by atoms with Crippen molar-refractivity contribution in [1.82, 2.24) is 5.25 Å². The Morgan fingerprint density at radius 2 is 1.59 bits per heavy atom. The van der Waals surface area contributed by atoms with Crippen molar-refractivity contribution in [2.45, 2.75) is 70.6 Å². The van der Waals surface area contributed by atoms with Gasteiger partial charge in [-0.25, -0.2) is 8.78 Å². The molecule has 0 spiro atoms. The van der Waals surface area contributed by atoms with Crippen LogP contribution in [0.1, 0.15) is 70.8 Å². The number of nitrogens with one attached hydrogen (secondary N) is 1. The van der Waals surface area contributed by atoms with Crippen molar-refractivity contribution in [2.24, 2.45) is 17.8 Å². The highest BCUT2D eigenvalue weighted by atomic mass is 31.2. The van der Waals surface area contributed by atoms with E-state index in [1.807, 2.05) is 6.07 Å². The fraction of sp³-hybridized carbons (Fsp3) is 0.600. The lowest BCUT2D eigenvalue weighted by Gasteiger charge is -2.50. The number of unbranched alkanes of at least 4 members (excludes halogenated alkanes) is 2. The molecule has 39 heavy (non-hydrogen) atoms. The SMILES string of the molecule is CC1CC2CC(C)CC(c3ccc(-c4ccc(OCCCCCOCCP(=O)(O)NO)cc4)c(F)c3F)(C1)C2. The highest BCUT2D eigenvalue weighted by Crippen LogP contribution is 2.55. The van der Waals surface area contributed by atoms with Crippen LogP contribution in [0.4, 0.5) is 8.78 Å². The molecule has 2 fully saturated rings. The third-order valence-corrected chi connectivity index (χ3v) is 9.45. The summed E-state index contributed by atoms with van der Waals surface area (Å²) in [5, 5.41) is 9.91. The monoisotopic (exact) mass is 565 g/mol. The maximum absolute atomic E-state index is 15.6. The van der Waals surface area contributed by atoms with E-state index in [1.165, 1.54) is 18.1 Å². The second-order valence-electron chi connectivity index (χ2n) is 11.8. The molecule has 2 aromatic rings. The number of fused-ring (bicyclic) bond motifs is 2. The van der Waals surface area contributed by atoms with Crippen LogP contribution in [0.3, 0.4) is 0 Å². The number of benzene rings is 2. The minimum atomic E-state index is -3.70. The quantitative estimate of drug-likeness (QED) is 0.133. The van der Waals surface area contributed by atoms with Gasteiger partial charge in [0.05, 0.1) is 19.4 Å². The van der Waals surface area contributed by atoms with Gasteiger partial charge in [0.1, 0.15) is 5.75 Å². The van der Waals surface area contributed by atoms with E-state index in [2.05, 4.69) is 13.8 Å². The van der Waals surface area contributed by atoms with E-state index in [4.69, 9.17) is 14.7 Å². The summed E-state index contributed by atoms with van der Waals surface area (Å²) in [6.07, 6.45) is 7.51. The molecule has 2 bridgehead atoms. The van der Waals surface area contributed by atoms with Gasteiger partial charge >= 0.3 is 0 Å². The summed E-state index contributed by atoms with van der Waals surface area (Å²) in [6.45, 7) is 5.56. The molecule has 0 radical (unpaired) electrons. The van der Waals surface area contributed by atoms with Gasteiger partial charge in [0.15, 0.2) is 11.6 Å². The predicted octanol–water partition coefficient (Wildman–Crippen LogP) is 7.47. The van der Waals surface area contributed by atoms with E-state index in [1.54, 1.807) is 30.3 Å². The third-order valence-electron chi connectivity index (χ3n) is 8.34. The maximum Gasteiger partial charge on any atom is 0.291 e. The molecule has 2 aliphatic carbocycles. The Balaban J connectivity index is 1.28. The van der Waals surface area contributed by atoms with E-state index in [0.717, 1.165) is 38.5 Å². The molecule has 4 rings (SSSR count).